The Hall–Kier alpha value is -1.57. The molecule has 0 aliphatic carbocycles. The van der Waals surface area contributed by atoms with E-state index in [1.54, 1.807) is 27.2 Å². The van der Waals surface area contributed by atoms with E-state index >= 15 is 0 Å². The second-order valence-corrected chi connectivity index (χ2v) is 5.58. The zero-order chi connectivity index (χ0) is 14.7. The molecule has 6 heteroatoms. The molecule has 0 N–H and O–H groups in total. The summed E-state index contributed by atoms with van der Waals surface area (Å²) < 4.78 is 12.5. The Bertz CT molecular complexity index is 605. The highest BCUT2D eigenvalue weighted by Crippen LogP contribution is 2.27. The van der Waals surface area contributed by atoms with Crippen LogP contribution < -0.4 is 4.74 Å². The molecule has 0 bridgehead atoms. The van der Waals surface area contributed by atoms with Crippen LogP contribution in [0.1, 0.15) is 13.8 Å². The van der Waals surface area contributed by atoms with Crippen LogP contribution in [0.3, 0.4) is 0 Å². The predicted molar refractivity (Wildman–Crippen MR) is 83.9 cm³/mol. The van der Waals surface area contributed by atoms with Gasteiger partial charge in [0.15, 0.2) is 0 Å². The molecule has 0 amide bonds. The first-order chi connectivity index (χ1) is 9.52. The molecule has 0 fully saturated rings. The van der Waals surface area contributed by atoms with Gasteiger partial charge in [-0.1, -0.05) is 0 Å². The van der Waals surface area contributed by atoms with Crippen LogP contribution in [0.25, 0.3) is 11.3 Å². The minimum absolute atomic E-state index is 0.187. The van der Waals surface area contributed by atoms with Crippen molar-refractivity contribution in [2.45, 2.75) is 20.0 Å². The third kappa shape index (κ3) is 3.12. The molecule has 0 saturated carbocycles. The number of nitrogens with zero attached hydrogens (tertiary/aromatic N) is 2. The summed E-state index contributed by atoms with van der Waals surface area (Å²) in [5.74, 6) is 0.764. The van der Waals surface area contributed by atoms with Gasteiger partial charge < -0.3 is 9.47 Å². The van der Waals surface area contributed by atoms with Crippen LogP contribution in [0, 0.1) is 3.57 Å². The molecular weight excluding hydrogens is 371 g/mol. The van der Waals surface area contributed by atoms with Crippen LogP contribution in [0.4, 0.5) is 4.79 Å². The highest BCUT2D eigenvalue weighted by atomic mass is 127. The molecule has 0 radical (unpaired) electrons. The zero-order valence-electron chi connectivity index (χ0n) is 11.5. The van der Waals surface area contributed by atoms with Crippen molar-refractivity contribution in [1.29, 1.82) is 0 Å². The largest absolute Gasteiger partial charge is 0.497 e. The predicted octanol–water partition coefficient (Wildman–Crippen LogP) is 3.56. The van der Waals surface area contributed by atoms with E-state index in [-0.39, 0.29) is 6.10 Å². The van der Waals surface area contributed by atoms with Crippen molar-refractivity contribution in [3.8, 4) is 17.0 Å². The van der Waals surface area contributed by atoms with E-state index in [4.69, 9.17) is 9.47 Å². The number of hydrogen-bond acceptors (Lipinski definition) is 4. The molecule has 1 heterocycles. The van der Waals surface area contributed by atoms with Crippen molar-refractivity contribution in [2.75, 3.05) is 7.11 Å². The van der Waals surface area contributed by atoms with E-state index in [2.05, 4.69) is 27.7 Å². The molecule has 2 rings (SSSR count). The molecule has 0 atom stereocenters. The van der Waals surface area contributed by atoms with Gasteiger partial charge in [0.05, 0.1) is 28.7 Å². The second-order valence-electron chi connectivity index (χ2n) is 4.41. The number of rotatable bonds is 3. The van der Waals surface area contributed by atoms with E-state index < -0.39 is 6.09 Å². The maximum Gasteiger partial charge on any atom is 0.435 e. The first-order valence-corrected chi connectivity index (χ1v) is 7.19. The first kappa shape index (κ1) is 14.8. The third-order valence-electron chi connectivity index (χ3n) is 2.60. The maximum absolute atomic E-state index is 12.0. The molecule has 0 saturated heterocycles. The van der Waals surface area contributed by atoms with Gasteiger partial charge in [0, 0.05) is 5.56 Å². The number of ether oxygens (including phenoxy) is 2. The minimum atomic E-state index is -0.478. The van der Waals surface area contributed by atoms with Gasteiger partial charge in [-0.25, -0.2) is 4.79 Å². The van der Waals surface area contributed by atoms with Crippen LogP contribution in [-0.2, 0) is 4.74 Å². The lowest BCUT2D eigenvalue weighted by Gasteiger charge is -2.10. The number of carbonyl (C=O) groups is 1. The summed E-state index contributed by atoms with van der Waals surface area (Å²) in [4.78, 5) is 12.0. The van der Waals surface area contributed by atoms with Crippen molar-refractivity contribution >= 4 is 28.7 Å². The summed E-state index contributed by atoms with van der Waals surface area (Å²) in [6.45, 7) is 3.61. The molecule has 1 aromatic carbocycles. The average molecular weight is 386 g/mol. The normalized spacial score (nSPS) is 10.7. The van der Waals surface area contributed by atoms with Gasteiger partial charge in [-0.2, -0.15) is 9.78 Å². The fraction of sp³-hybridized carbons (Fsp3) is 0.286. The summed E-state index contributed by atoms with van der Waals surface area (Å²) in [6, 6.07) is 7.46. The second kappa shape index (κ2) is 6.25. The highest BCUT2D eigenvalue weighted by molar-refractivity contribution is 14.1. The Morgan fingerprint density at radius 3 is 2.50 bits per heavy atom. The summed E-state index contributed by atoms with van der Waals surface area (Å²) in [6.07, 6.45) is 0.976. The topological polar surface area (TPSA) is 53.4 Å². The Morgan fingerprint density at radius 1 is 1.30 bits per heavy atom. The van der Waals surface area contributed by atoms with E-state index in [0.717, 1.165) is 20.6 Å². The standard InChI is InChI=1S/C14H15IN2O3/c1-9(2)20-14(18)17-13(12(15)8-16-17)10-4-6-11(19-3)7-5-10/h4-9H,1-3H3. The van der Waals surface area contributed by atoms with E-state index in [1.807, 2.05) is 24.3 Å². The number of hydrogen-bond donors (Lipinski definition) is 0. The van der Waals surface area contributed by atoms with Crippen LogP contribution in [0.5, 0.6) is 5.75 Å². The van der Waals surface area contributed by atoms with Gasteiger partial charge in [0.25, 0.3) is 0 Å². The number of methoxy groups -OCH3 is 1. The number of aromatic nitrogens is 2. The number of carbonyl (C=O) groups excluding carboxylic acids is 1. The Balaban J connectivity index is 2.40. The Kier molecular flexibility index (Phi) is 4.64. The molecule has 0 aliphatic heterocycles. The summed E-state index contributed by atoms with van der Waals surface area (Å²) in [7, 11) is 1.61. The SMILES string of the molecule is COc1ccc(-c2c(I)cnn2C(=O)OC(C)C)cc1. The first-order valence-electron chi connectivity index (χ1n) is 6.12. The zero-order valence-corrected chi connectivity index (χ0v) is 13.6. The average Bonchev–Trinajstić information content (AvgIpc) is 2.80. The molecular formula is C14H15IN2O3. The van der Waals surface area contributed by atoms with Gasteiger partial charge in [-0.15, -0.1) is 0 Å². The lowest BCUT2D eigenvalue weighted by atomic mass is 10.1. The number of halogens is 1. The summed E-state index contributed by atoms with van der Waals surface area (Å²) >= 11 is 2.15. The molecule has 0 aliphatic rings. The molecule has 1 aromatic heterocycles. The molecule has 106 valence electrons. The van der Waals surface area contributed by atoms with Crippen LogP contribution in [-0.4, -0.2) is 29.1 Å². The van der Waals surface area contributed by atoms with Gasteiger partial charge in [-0.3, -0.25) is 0 Å². The lowest BCUT2D eigenvalue weighted by Crippen LogP contribution is -2.20. The van der Waals surface area contributed by atoms with E-state index in [9.17, 15) is 4.79 Å². The Labute approximate surface area is 131 Å². The quantitative estimate of drug-likeness (QED) is 0.758. The van der Waals surface area contributed by atoms with Crippen molar-refractivity contribution in [3.05, 3.63) is 34.0 Å². The molecule has 2 aromatic rings. The molecule has 0 unspecified atom stereocenters. The van der Waals surface area contributed by atoms with Crippen LogP contribution >= 0.6 is 22.6 Å². The van der Waals surface area contributed by atoms with Crippen LogP contribution in [0.2, 0.25) is 0 Å². The summed E-state index contributed by atoms with van der Waals surface area (Å²) in [5.41, 5.74) is 1.60. The fourth-order valence-corrected chi connectivity index (χ4v) is 2.39. The Morgan fingerprint density at radius 2 is 1.95 bits per heavy atom. The van der Waals surface area contributed by atoms with E-state index in [1.165, 1.54) is 4.68 Å². The van der Waals surface area contributed by atoms with Gasteiger partial charge in [0.2, 0.25) is 0 Å². The van der Waals surface area contributed by atoms with Gasteiger partial charge in [0.1, 0.15) is 5.75 Å². The van der Waals surface area contributed by atoms with Crippen molar-refractivity contribution in [3.63, 3.8) is 0 Å². The molecule has 0 spiro atoms. The molecule has 20 heavy (non-hydrogen) atoms. The maximum atomic E-state index is 12.0. The highest BCUT2D eigenvalue weighted by Gasteiger charge is 2.18. The number of benzene rings is 1. The lowest BCUT2D eigenvalue weighted by molar-refractivity contribution is 0.114. The third-order valence-corrected chi connectivity index (χ3v) is 3.39. The smallest absolute Gasteiger partial charge is 0.435 e. The summed E-state index contributed by atoms with van der Waals surface area (Å²) in [5, 5.41) is 4.09. The van der Waals surface area contributed by atoms with Crippen molar-refractivity contribution in [1.82, 2.24) is 9.78 Å². The van der Waals surface area contributed by atoms with Crippen LogP contribution in [0.15, 0.2) is 30.5 Å². The van der Waals surface area contributed by atoms with Crippen molar-refractivity contribution in [2.24, 2.45) is 0 Å². The van der Waals surface area contributed by atoms with Gasteiger partial charge in [-0.05, 0) is 60.7 Å². The van der Waals surface area contributed by atoms with Crippen molar-refractivity contribution < 1.29 is 14.3 Å². The fourth-order valence-electron chi connectivity index (χ4n) is 1.73. The van der Waals surface area contributed by atoms with Gasteiger partial charge >= 0.3 is 6.09 Å². The minimum Gasteiger partial charge on any atom is -0.497 e. The monoisotopic (exact) mass is 386 g/mol. The molecule has 5 nitrogen and oxygen atoms in total. The van der Waals surface area contributed by atoms with E-state index in [0.29, 0.717) is 0 Å².